The lowest BCUT2D eigenvalue weighted by atomic mass is 9.89. The van der Waals surface area contributed by atoms with E-state index in [1.54, 1.807) is 13.8 Å². The van der Waals surface area contributed by atoms with Gasteiger partial charge in [0.2, 0.25) is 5.91 Å². The van der Waals surface area contributed by atoms with Crippen molar-refractivity contribution >= 4 is 17.8 Å². The summed E-state index contributed by atoms with van der Waals surface area (Å²) in [6.45, 7) is 6.50. The number of imide groups is 1. The number of benzene rings is 1. The first kappa shape index (κ1) is 19.9. The minimum Gasteiger partial charge on any atom is -0.336 e. The molecule has 0 unspecified atom stereocenters. The summed E-state index contributed by atoms with van der Waals surface area (Å²) in [6.07, 6.45) is 3.09. The van der Waals surface area contributed by atoms with Gasteiger partial charge in [0.15, 0.2) is 0 Å². The fourth-order valence-corrected chi connectivity index (χ4v) is 3.69. The Bertz CT molecular complexity index is 888. The lowest BCUT2D eigenvalue weighted by molar-refractivity contribution is -0.135. The van der Waals surface area contributed by atoms with Crippen LogP contribution in [-0.2, 0) is 28.0 Å². The van der Waals surface area contributed by atoms with E-state index in [1.807, 2.05) is 32.0 Å². The van der Waals surface area contributed by atoms with E-state index in [2.05, 4.69) is 16.7 Å². The van der Waals surface area contributed by atoms with Gasteiger partial charge in [-0.3, -0.25) is 14.5 Å². The average molecular weight is 382 g/mol. The molecule has 2 N–H and O–H groups in total. The van der Waals surface area contributed by atoms with Crippen LogP contribution in [0.3, 0.4) is 0 Å². The molecule has 1 saturated heterocycles. The van der Waals surface area contributed by atoms with Crippen LogP contribution in [0.4, 0.5) is 4.79 Å². The topological polar surface area (TPSA) is 102 Å². The molecule has 4 amide bonds. The molecule has 7 nitrogen and oxygen atoms in total. The summed E-state index contributed by atoms with van der Waals surface area (Å²) in [5, 5.41) is 14.7. The standard InChI is InChI=1S/C21H26N4O3/c1-13(2)20(3,12-22)23-17(26)11-25-18(27)21(4,24-19(25)28)16-9-8-14-6-5-7-15(14)10-16/h8-10,13H,5-7,11H2,1-4H3,(H,23,26)(H,24,28)/t20-,21-/m0/s1. The number of nitrogens with zero attached hydrogens (tertiary/aromatic N) is 2. The zero-order valence-electron chi connectivity index (χ0n) is 16.8. The number of hydrogen-bond acceptors (Lipinski definition) is 4. The highest BCUT2D eigenvalue weighted by molar-refractivity contribution is 6.09. The van der Waals surface area contributed by atoms with Crippen LogP contribution in [0.2, 0.25) is 0 Å². The number of carbonyl (C=O) groups is 3. The van der Waals surface area contributed by atoms with Gasteiger partial charge in [0, 0.05) is 0 Å². The molecule has 1 aliphatic heterocycles. The lowest BCUT2D eigenvalue weighted by Crippen LogP contribution is -2.52. The molecule has 3 rings (SSSR count). The van der Waals surface area contributed by atoms with E-state index in [-0.39, 0.29) is 5.92 Å². The van der Waals surface area contributed by atoms with Crippen molar-refractivity contribution in [1.29, 1.82) is 5.26 Å². The number of rotatable bonds is 5. The van der Waals surface area contributed by atoms with Crippen molar-refractivity contribution < 1.29 is 14.4 Å². The van der Waals surface area contributed by atoms with Crippen LogP contribution in [0.5, 0.6) is 0 Å². The third-order valence-corrected chi connectivity index (χ3v) is 6.04. The maximum absolute atomic E-state index is 13.0. The predicted octanol–water partition coefficient (Wildman–Crippen LogP) is 2.00. The quantitative estimate of drug-likeness (QED) is 0.760. The van der Waals surface area contributed by atoms with Crippen LogP contribution < -0.4 is 10.6 Å². The monoisotopic (exact) mass is 382 g/mol. The van der Waals surface area contributed by atoms with Gasteiger partial charge in [-0.1, -0.05) is 32.0 Å². The summed E-state index contributed by atoms with van der Waals surface area (Å²) >= 11 is 0. The molecule has 1 aromatic carbocycles. The van der Waals surface area contributed by atoms with Gasteiger partial charge in [-0.15, -0.1) is 0 Å². The van der Waals surface area contributed by atoms with Gasteiger partial charge in [0.25, 0.3) is 5.91 Å². The summed E-state index contributed by atoms with van der Waals surface area (Å²) in [4.78, 5) is 38.9. The summed E-state index contributed by atoms with van der Waals surface area (Å²) < 4.78 is 0. The van der Waals surface area contributed by atoms with E-state index >= 15 is 0 Å². The number of nitrogens with one attached hydrogen (secondary N) is 2. The first-order chi connectivity index (χ1) is 13.1. The van der Waals surface area contributed by atoms with Crippen molar-refractivity contribution in [3.05, 3.63) is 34.9 Å². The number of amides is 4. The summed E-state index contributed by atoms with van der Waals surface area (Å²) in [5.74, 6) is -1.13. The molecule has 7 heteroatoms. The van der Waals surface area contributed by atoms with Crippen molar-refractivity contribution in [2.24, 2.45) is 5.92 Å². The van der Waals surface area contributed by atoms with Gasteiger partial charge in [-0.2, -0.15) is 5.26 Å². The molecule has 1 fully saturated rings. The van der Waals surface area contributed by atoms with Gasteiger partial charge in [0.05, 0.1) is 6.07 Å². The van der Waals surface area contributed by atoms with E-state index in [0.717, 1.165) is 29.7 Å². The van der Waals surface area contributed by atoms with Gasteiger partial charge in [-0.05, 0) is 55.7 Å². The number of fused-ring (bicyclic) bond motifs is 1. The van der Waals surface area contributed by atoms with Crippen molar-refractivity contribution in [3.8, 4) is 6.07 Å². The minimum absolute atomic E-state index is 0.124. The molecule has 148 valence electrons. The zero-order valence-corrected chi connectivity index (χ0v) is 16.8. The third-order valence-electron chi connectivity index (χ3n) is 6.04. The molecule has 1 heterocycles. The van der Waals surface area contributed by atoms with Crippen LogP contribution in [0.25, 0.3) is 0 Å². The van der Waals surface area contributed by atoms with Crippen LogP contribution in [0, 0.1) is 17.2 Å². The molecular weight excluding hydrogens is 356 g/mol. The Morgan fingerprint density at radius 2 is 2.04 bits per heavy atom. The number of urea groups is 1. The van der Waals surface area contributed by atoms with Crippen molar-refractivity contribution in [1.82, 2.24) is 15.5 Å². The van der Waals surface area contributed by atoms with Crippen LogP contribution in [0.1, 0.15) is 50.8 Å². The average Bonchev–Trinajstić information content (AvgIpc) is 3.19. The molecule has 0 saturated carbocycles. The van der Waals surface area contributed by atoms with E-state index < -0.39 is 35.5 Å². The largest absolute Gasteiger partial charge is 0.336 e. The maximum atomic E-state index is 13.0. The second-order valence-electron chi connectivity index (χ2n) is 8.30. The normalized spacial score (nSPS) is 23.2. The van der Waals surface area contributed by atoms with E-state index in [9.17, 15) is 19.6 Å². The molecule has 0 bridgehead atoms. The van der Waals surface area contributed by atoms with Crippen LogP contribution in [-0.4, -0.2) is 34.8 Å². The Hall–Kier alpha value is -2.88. The zero-order chi connectivity index (χ0) is 20.7. The lowest BCUT2D eigenvalue weighted by Gasteiger charge is -2.28. The van der Waals surface area contributed by atoms with Crippen LogP contribution >= 0.6 is 0 Å². The number of nitriles is 1. The molecule has 1 aromatic rings. The number of hydrogen-bond donors (Lipinski definition) is 2. The van der Waals surface area contributed by atoms with E-state index in [4.69, 9.17) is 0 Å². The van der Waals surface area contributed by atoms with Crippen LogP contribution in [0.15, 0.2) is 18.2 Å². The second-order valence-corrected chi connectivity index (χ2v) is 8.30. The number of carbonyl (C=O) groups excluding carboxylic acids is 3. The van der Waals surface area contributed by atoms with Crippen molar-refractivity contribution in [2.45, 2.75) is 58.0 Å². The molecule has 2 aliphatic rings. The smallest absolute Gasteiger partial charge is 0.325 e. The van der Waals surface area contributed by atoms with Gasteiger partial charge in [-0.25, -0.2) is 4.79 Å². The summed E-state index contributed by atoms with van der Waals surface area (Å²) in [5.41, 5.74) is 0.938. The highest BCUT2D eigenvalue weighted by Crippen LogP contribution is 2.32. The predicted molar refractivity (Wildman–Crippen MR) is 103 cm³/mol. The van der Waals surface area contributed by atoms with Crippen molar-refractivity contribution in [2.75, 3.05) is 6.54 Å². The van der Waals surface area contributed by atoms with E-state index in [0.29, 0.717) is 0 Å². The Kier molecular flexibility index (Phi) is 4.92. The molecule has 0 spiro atoms. The Balaban J connectivity index is 1.78. The van der Waals surface area contributed by atoms with Gasteiger partial charge in [0.1, 0.15) is 17.6 Å². The Labute approximate surface area is 165 Å². The minimum atomic E-state index is -1.20. The highest BCUT2D eigenvalue weighted by atomic mass is 16.2. The maximum Gasteiger partial charge on any atom is 0.325 e. The fourth-order valence-electron chi connectivity index (χ4n) is 3.69. The molecule has 1 aliphatic carbocycles. The molecular formula is C21H26N4O3. The first-order valence-electron chi connectivity index (χ1n) is 9.59. The third kappa shape index (κ3) is 3.24. The highest BCUT2D eigenvalue weighted by Gasteiger charge is 2.50. The van der Waals surface area contributed by atoms with E-state index in [1.165, 1.54) is 11.1 Å². The van der Waals surface area contributed by atoms with Gasteiger partial charge >= 0.3 is 6.03 Å². The molecule has 0 radical (unpaired) electrons. The first-order valence-corrected chi connectivity index (χ1v) is 9.59. The Morgan fingerprint density at radius 1 is 1.36 bits per heavy atom. The second kappa shape index (κ2) is 6.93. The Morgan fingerprint density at radius 3 is 2.68 bits per heavy atom. The fraction of sp³-hybridized carbons (Fsp3) is 0.524. The number of aryl methyl sites for hydroxylation is 2. The summed E-state index contributed by atoms with van der Waals surface area (Å²) in [6, 6.07) is 7.35. The molecule has 0 aromatic heterocycles. The molecule has 28 heavy (non-hydrogen) atoms. The SMILES string of the molecule is CC(C)[C@](C)(C#N)NC(=O)CN1C(=O)N[C@@](C)(c2ccc3c(c2)CCC3)C1=O. The van der Waals surface area contributed by atoms with Gasteiger partial charge < -0.3 is 10.6 Å². The summed E-state index contributed by atoms with van der Waals surface area (Å²) in [7, 11) is 0. The van der Waals surface area contributed by atoms with Crippen molar-refractivity contribution in [3.63, 3.8) is 0 Å². The molecule has 2 atom stereocenters.